The highest BCUT2D eigenvalue weighted by atomic mass is 16.3. The maximum atomic E-state index is 13.7. The molecular formula is C25H32N6O3. The minimum atomic E-state index is -0.616. The van der Waals surface area contributed by atoms with Gasteiger partial charge < -0.3 is 9.73 Å². The molecule has 2 amide bonds. The summed E-state index contributed by atoms with van der Waals surface area (Å²) in [7, 11) is 0. The van der Waals surface area contributed by atoms with E-state index >= 15 is 0 Å². The molecule has 3 aromatic rings. The predicted octanol–water partition coefficient (Wildman–Crippen LogP) is 3.81. The number of nitrogens with zero attached hydrogens (tertiary/aromatic N) is 5. The lowest BCUT2D eigenvalue weighted by Gasteiger charge is -2.32. The Morgan fingerprint density at radius 2 is 1.94 bits per heavy atom. The van der Waals surface area contributed by atoms with Crippen LogP contribution in [0.15, 0.2) is 40.8 Å². The number of carbonyl (C=O) groups is 2. The van der Waals surface area contributed by atoms with Crippen LogP contribution >= 0.6 is 0 Å². The summed E-state index contributed by atoms with van der Waals surface area (Å²) in [5, 5.41) is 15.6. The van der Waals surface area contributed by atoms with Gasteiger partial charge in [0.15, 0.2) is 5.76 Å². The lowest BCUT2D eigenvalue weighted by molar-refractivity contribution is -0.127. The first kappa shape index (κ1) is 23.7. The van der Waals surface area contributed by atoms with Gasteiger partial charge in [-0.25, -0.2) is 0 Å². The van der Waals surface area contributed by atoms with Crippen LogP contribution in [0.4, 0.5) is 5.69 Å². The van der Waals surface area contributed by atoms with E-state index in [-0.39, 0.29) is 24.4 Å². The fraction of sp³-hybridized carbons (Fsp3) is 0.480. The Bertz CT molecular complexity index is 1130. The third-order valence-corrected chi connectivity index (χ3v) is 6.21. The maximum absolute atomic E-state index is 13.7. The molecule has 0 saturated heterocycles. The summed E-state index contributed by atoms with van der Waals surface area (Å²) < 4.78 is 5.56. The first-order valence-corrected chi connectivity index (χ1v) is 12.0. The molecule has 1 aliphatic carbocycles. The van der Waals surface area contributed by atoms with Gasteiger partial charge in [-0.05, 0) is 62.1 Å². The smallest absolute Gasteiger partial charge is 0.251 e. The number of benzene rings is 1. The minimum absolute atomic E-state index is 0.108. The number of amides is 2. The summed E-state index contributed by atoms with van der Waals surface area (Å²) in [5.41, 5.74) is 1.64. The zero-order valence-corrected chi connectivity index (χ0v) is 20.0. The molecule has 9 heteroatoms. The van der Waals surface area contributed by atoms with Crippen LogP contribution in [-0.4, -0.2) is 44.1 Å². The molecule has 2 aromatic heterocycles. The van der Waals surface area contributed by atoms with Crippen molar-refractivity contribution in [3.63, 3.8) is 0 Å². The molecule has 1 aromatic carbocycles. The van der Waals surface area contributed by atoms with Crippen LogP contribution < -0.4 is 10.2 Å². The number of para-hydroxylation sites is 1. The second kappa shape index (κ2) is 10.6. The largest absolute Gasteiger partial charge is 0.458 e. The number of aromatic nitrogens is 4. The van der Waals surface area contributed by atoms with E-state index in [9.17, 15) is 9.59 Å². The van der Waals surface area contributed by atoms with Crippen molar-refractivity contribution in [3.05, 3.63) is 47.7 Å². The monoisotopic (exact) mass is 464 g/mol. The number of furan rings is 1. The first-order valence-electron chi connectivity index (χ1n) is 12.0. The van der Waals surface area contributed by atoms with E-state index < -0.39 is 6.04 Å². The molecule has 9 nitrogen and oxygen atoms in total. The summed E-state index contributed by atoms with van der Waals surface area (Å²) in [6.45, 7) is 5.66. The number of anilines is 1. The Morgan fingerprint density at radius 3 is 2.62 bits per heavy atom. The highest BCUT2D eigenvalue weighted by Gasteiger charge is 2.33. The molecule has 180 valence electrons. The summed E-state index contributed by atoms with van der Waals surface area (Å²) in [6.07, 6.45) is 5.54. The van der Waals surface area contributed by atoms with E-state index in [1.807, 2.05) is 51.1 Å². The molecule has 0 spiro atoms. The van der Waals surface area contributed by atoms with Gasteiger partial charge in [-0.3, -0.25) is 14.5 Å². The van der Waals surface area contributed by atoms with Crippen LogP contribution in [0.3, 0.4) is 0 Å². The molecule has 4 rings (SSSR count). The van der Waals surface area contributed by atoms with Crippen molar-refractivity contribution >= 4 is 17.5 Å². The third kappa shape index (κ3) is 5.35. The molecule has 2 heterocycles. The number of rotatable bonds is 9. The molecule has 1 aliphatic rings. The van der Waals surface area contributed by atoms with E-state index in [0.29, 0.717) is 18.0 Å². The molecule has 1 saturated carbocycles. The quantitative estimate of drug-likeness (QED) is 0.516. The second-order valence-electron chi connectivity index (χ2n) is 8.90. The lowest BCUT2D eigenvalue weighted by atomic mass is 10.0. The van der Waals surface area contributed by atoms with Gasteiger partial charge in [0.1, 0.15) is 18.3 Å². The molecule has 1 atom stereocenters. The average molecular weight is 465 g/mol. The highest BCUT2D eigenvalue weighted by molar-refractivity contribution is 6.01. The summed E-state index contributed by atoms with van der Waals surface area (Å²) in [6, 6.07) is 10.8. The van der Waals surface area contributed by atoms with E-state index in [1.165, 1.54) is 4.80 Å². The van der Waals surface area contributed by atoms with Crippen molar-refractivity contribution in [2.75, 3.05) is 4.90 Å². The summed E-state index contributed by atoms with van der Waals surface area (Å²) in [5.74, 6) is 1.17. The van der Waals surface area contributed by atoms with Crippen LogP contribution in [0.2, 0.25) is 0 Å². The molecule has 0 radical (unpaired) electrons. The number of hydrogen-bond donors (Lipinski definition) is 1. The van der Waals surface area contributed by atoms with Crippen molar-refractivity contribution in [1.29, 1.82) is 0 Å². The summed E-state index contributed by atoms with van der Waals surface area (Å²) >= 11 is 0. The van der Waals surface area contributed by atoms with Crippen molar-refractivity contribution in [2.24, 2.45) is 0 Å². The molecule has 0 aliphatic heterocycles. The first-order chi connectivity index (χ1) is 16.5. The van der Waals surface area contributed by atoms with Gasteiger partial charge in [-0.2, -0.15) is 4.80 Å². The van der Waals surface area contributed by atoms with E-state index in [1.54, 1.807) is 11.0 Å². The SMILES string of the molecule is CCCC(C(=O)NC1CCCC1)N(C(=O)Cn1nnc(-c2ccc(C)o2)n1)c1ccccc1C. The zero-order valence-electron chi connectivity index (χ0n) is 20.0. The van der Waals surface area contributed by atoms with E-state index in [2.05, 4.69) is 20.7 Å². The van der Waals surface area contributed by atoms with Crippen LogP contribution in [0.1, 0.15) is 56.8 Å². The van der Waals surface area contributed by atoms with Crippen LogP contribution in [0, 0.1) is 13.8 Å². The number of carbonyl (C=O) groups excluding carboxylic acids is 2. The number of hydrogen-bond acceptors (Lipinski definition) is 6. The van der Waals surface area contributed by atoms with Crippen molar-refractivity contribution in [1.82, 2.24) is 25.5 Å². The van der Waals surface area contributed by atoms with Crippen molar-refractivity contribution < 1.29 is 14.0 Å². The molecule has 1 N–H and O–H groups in total. The van der Waals surface area contributed by atoms with Crippen molar-refractivity contribution in [3.8, 4) is 11.6 Å². The Balaban J connectivity index is 1.60. The normalized spacial score (nSPS) is 14.8. The van der Waals surface area contributed by atoms with Gasteiger partial charge in [0.2, 0.25) is 11.7 Å². The lowest BCUT2D eigenvalue weighted by Crippen LogP contribution is -2.52. The Morgan fingerprint density at radius 1 is 1.18 bits per heavy atom. The molecule has 1 unspecified atom stereocenters. The molecular weight excluding hydrogens is 432 g/mol. The fourth-order valence-electron chi connectivity index (χ4n) is 4.49. The molecule has 34 heavy (non-hydrogen) atoms. The number of aryl methyl sites for hydroxylation is 2. The standard InChI is InChI=1S/C25H32N6O3/c1-4-9-21(25(33)26-19-11-6-7-12-19)31(20-13-8-5-10-17(20)2)23(32)16-30-28-24(27-29-30)22-15-14-18(3)34-22/h5,8,10,13-15,19,21H,4,6-7,9,11-12,16H2,1-3H3,(H,26,33). The van der Waals surface area contributed by atoms with Gasteiger partial charge in [0.05, 0.1) is 0 Å². The average Bonchev–Trinajstić information content (AvgIpc) is 3.57. The van der Waals surface area contributed by atoms with Gasteiger partial charge in [-0.15, -0.1) is 10.2 Å². The predicted molar refractivity (Wildman–Crippen MR) is 128 cm³/mol. The zero-order chi connectivity index (χ0) is 24.1. The van der Waals surface area contributed by atoms with Gasteiger partial charge in [0, 0.05) is 11.7 Å². The number of nitrogens with one attached hydrogen (secondary N) is 1. The van der Waals surface area contributed by atoms with E-state index in [0.717, 1.165) is 49.1 Å². The van der Waals surface area contributed by atoms with Crippen LogP contribution in [0.25, 0.3) is 11.6 Å². The Kier molecular flexibility index (Phi) is 7.40. The van der Waals surface area contributed by atoms with Crippen LogP contribution in [-0.2, 0) is 16.1 Å². The third-order valence-electron chi connectivity index (χ3n) is 6.21. The minimum Gasteiger partial charge on any atom is -0.458 e. The topological polar surface area (TPSA) is 106 Å². The van der Waals surface area contributed by atoms with Crippen LogP contribution in [0.5, 0.6) is 0 Å². The molecule has 1 fully saturated rings. The Labute approximate surface area is 199 Å². The fourth-order valence-corrected chi connectivity index (χ4v) is 4.49. The maximum Gasteiger partial charge on any atom is 0.251 e. The van der Waals surface area contributed by atoms with Gasteiger partial charge in [-0.1, -0.05) is 44.4 Å². The van der Waals surface area contributed by atoms with E-state index in [4.69, 9.17) is 4.42 Å². The highest BCUT2D eigenvalue weighted by Crippen LogP contribution is 2.26. The van der Waals surface area contributed by atoms with Crippen molar-refractivity contribution in [2.45, 2.75) is 77.9 Å². The number of tetrazole rings is 1. The van der Waals surface area contributed by atoms with Gasteiger partial charge >= 0.3 is 0 Å². The summed E-state index contributed by atoms with van der Waals surface area (Å²) in [4.78, 5) is 29.9. The molecule has 0 bridgehead atoms. The Hall–Kier alpha value is -3.49. The second-order valence-corrected chi connectivity index (χ2v) is 8.90. The van der Waals surface area contributed by atoms with Gasteiger partial charge in [0.25, 0.3) is 5.91 Å².